The Kier molecular flexibility index (Phi) is 5.01. The van der Waals surface area contributed by atoms with Crippen LogP contribution in [0.3, 0.4) is 0 Å². The minimum absolute atomic E-state index is 0.00526. The van der Waals surface area contributed by atoms with Crippen LogP contribution in [-0.4, -0.2) is 7.11 Å². The molecule has 0 heterocycles. The average molecular weight is 453 g/mol. The average Bonchev–Trinajstić information content (AvgIpc) is 2.40. The highest BCUT2D eigenvalue weighted by Crippen LogP contribution is 2.38. The number of aryl methyl sites for hydroxylation is 1. The van der Waals surface area contributed by atoms with Crippen LogP contribution in [-0.2, 0) is 0 Å². The van der Waals surface area contributed by atoms with Crippen molar-refractivity contribution in [1.82, 2.24) is 0 Å². The van der Waals surface area contributed by atoms with Gasteiger partial charge in [-0.2, -0.15) is 0 Å². The molecule has 0 fully saturated rings. The number of hydrogen-bond acceptors (Lipinski definition) is 1. The van der Waals surface area contributed by atoms with E-state index >= 15 is 0 Å². The lowest BCUT2D eigenvalue weighted by Crippen LogP contribution is -2.04. The molecule has 2 rings (SSSR count). The van der Waals surface area contributed by atoms with E-state index < -0.39 is 16.5 Å². The zero-order valence-corrected chi connectivity index (χ0v) is 14.6. The van der Waals surface area contributed by atoms with Crippen molar-refractivity contribution in [3.05, 3.63) is 62.2 Å². The molecule has 20 heavy (non-hydrogen) atoms. The number of methoxy groups -OCH3 is 1. The van der Waals surface area contributed by atoms with Crippen molar-refractivity contribution < 1.29 is 13.5 Å². The molecule has 2 aromatic rings. The monoisotopic (exact) mass is 452 g/mol. The maximum absolute atomic E-state index is 14.1. The Bertz CT molecular complexity index is 623. The van der Waals surface area contributed by atoms with Gasteiger partial charge in [0, 0.05) is 21.3 Å². The van der Waals surface area contributed by atoms with Crippen LogP contribution in [0.25, 0.3) is 0 Å². The second-order valence-corrected chi connectivity index (χ2v) is 6.34. The standard InChI is InChI=1S/C15H12BrF2IO/c1-8-4-3-5-10(15(8)19)14(16)13-11(17)6-9(20-2)7-12(13)18/h3-7,14H,1-2H3. The summed E-state index contributed by atoms with van der Waals surface area (Å²) in [6, 6.07) is 8.08. The van der Waals surface area contributed by atoms with Crippen LogP contribution >= 0.6 is 38.5 Å². The van der Waals surface area contributed by atoms with Crippen LogP contribution in [0.5, 0.6) is 5.75 Å². The molecule has 0 aliphatic heterocycles. The molecule has 0 saturated carbocycles. The topological polar surface area (TPSA) is 9.23 Å². The highest BCUT2D eigenvalue weighted by molar-refractivity contribution is 14.1. The van der Waals surface area contributed by atoms with Gasteiger partial charge in [-0.25, -0.2) is 8.78 Å². The summed E-state index contributed by atoms with van der Waals surface area (Å²) in [5.41, 5.74) is 1.91. The maximum atomic E-state index is 14.1. The fourth-order valence-corrected chi connectivity index (χ4v) is 3.86. The van der Waals surface area contributed by atoms with E-state index in [1.807, 2.05) is 25.1 Å². The van der Waals surface area contributed by atoms with Crippen molar-refractivity contribution >= 4 is 38.5 Å². The van der Waals surface area contributed by atoms with E-state index in [9.17, 15) is 8.78 Å². The predicted octanol–water partition coefficient (Wildman–Crippen LogP) is 5.37. The zero-order chi connectivity index (χ0) is 14.9. The predicted molar refractivity (Wildman–Crippen MR) is 87.6 cm³/mol. The van der Waals surface area contributed by atoms with Gasteiger partial charge in [-0.15, -0.1) is 0 Å². The fraction of sp³-hybridized carbons (Fsp3) is 0.200. The molecule has 0 aliphatic carbocycles. The molecule has 0 amide bonds. The summed E-state index contributed by atoms with van der Waals surface area (Å²) in [4.78, 5) is -0.541. The highest BCUT2D eigenvalue weighted by Gasteiger charge is 2.22. The Morgan fingerprint density at radius 1 is 1.20 bits per heavy atom. The van der Waals surface area contributed by atoms with Crippen LogP contribution in [0.4, 0.5) is 8.78 Å². The SMILES string of the molecule is COc1cc(F)c(C(Br)c2cccc(C)c2I)c(F)c1. The van der Waals surface area contributed by atoms with Gasteiger partial charge < -0.3 is 4.74 Å². The molecule has 1 nitrogen and oxygen atoms in total. The number of rotatable bonds is 3. The molecule has 0 aliphatic rings. The molecular weight excluding hydrogens is 441 g/mol. The lowest BCUT2D eigenvalue weighted by Gasteiger charge is -2.16. The summed E-state index contributed by atoms with van der Waals surface area (Å²) >= 11 is 5.59. The van der Waals surface area contributed by atoms with E-state index in [-0.39, 0.29) is 11.3 Å². The maximum Gasteiger partial charge on any atom is 0.134 e. The van der Waals surface area contributed by atoms with Crippen LogP contribution < -0.4 is 4.74 Å². The number of ether oxygens (including phenoxy) is 1. The Labute approximate surface area is 138 Å². The second kappa shape index (κ2) is 6.39. The van der Waals surface area contributed by atoms with Gasteiger partial charge in [0.15, 0.2) is 0 Å². The minimum Gasteiger partial charge on any atom is -0.497 e. The smallest absolute Gasteiger partial charge is 0.134 e. The molecule has 0 aromatic heterocycles. The number of hydrogen-bond donors (Lipinski definition) is 0. The first-order chi connectivity index (χ1) is 9.45. The van der Waals surface area contributed by atoms with Crippen molar-refractivity contribution in [3.8, 4) is 5.75 Å². The van der Waals surface area contributed by atoms with Gasteiger partial charge in [0.05, 0.1) is 11.9 Å². The third-order valence-electron chi connectivity index (χ3n) is 3.04. The van der Waals surface area contributed by atoms with Crippen LogP contribution in [0.1, 0.15) is 21.5 Å². The van der Waals surface area contributed by atoms with Crippen molar-refractivity contribution in [2.45, 2.75) is 11.8 Å². The van der Waals surface area contributed by atoms with Crippen molar-refractivity contribution in [2.24, 2.45) is 0 Å². The van der Waals surface area contributed by atoms with Crippen LogP contribution in [0.15, 0.2) is 30.3 Å². The Morgan fingerprint density at radius 2 is 1.80 bits per heavy atom. The summed E-state index contributed by atoms with van der Waals surface area (Å²) in [5.74, 6) is -1.08. The molecular formula is C15H12BrF2IO. The van der Waals surface area contributed by atoms with Gasteiger partial charge in [-0.05, 0) is 40.6 Å². The third kappa shape index (κ3) is 2.98. The Hall–Kier alpha value is -0.690. The number of alkyl halides is 1. The van der Waals surface area contributed by atoms with Gasteiger partial charge in [-0.1, -0.05) is 34.1 Å². The molecule has 0 saturated heterocycles. The molecule has 2 aromatic carbocycles. The first kappa shape index (κ1) is 15.7. The van der Waals surface area contributed by atoms with Gasteiger partial charge in [-0.3, -0.25) is 0 Å². The van der Waals surface area contributed by atoms with E-state index in [1.54, 1.807) is 0 Å². The number of benzene rings is 2. The summed E-state index contributed by atoms with van der Waals surface area (Å²) in [6.45, 7) is 1.96. The highest BCUT2D eigenvalue weighted by atomic mass is 127. The minimum atomic E-state index is -0.624. The number of halogens is 4. The second-order valence-electron chi connectivity index (χ2n) is 4.35. The van der Waals surface area contributed by atoms with Crippen molar-refractivity contribution in [3.63, 3.8) is 0 Å². The normalized spacial score (nSPS) is 12.3. The van der Waals surface area contributed by atoms with Gasteiger partial charge in [0.1, 0.15) is 17.4 Å². The molecule has 106 valence electrons. The molecule has 1 unspecified atom stereocenters. The van der Waals surface area contributed by atoms with Crippen LogP contribution in [0.2, 0.25) is 0 Å². The Morgan fingerprint density at radius 3 is 2.35 bits per heavy atom. The molecule has 0 spiro atoms. The van der Waals surface area contributed by atoms with E-state index in [0.717, 1.165) is 14.7 Å². The molecule has 0 radical (unpaired) electrons. The summed E-state index contributed by atoms with van der Waals surface area (Å²) < 4.78 is 34.1. The summed E-state index contributed by atoms with van der Waals surface area (Å²) in [5, 5.41) is 0. The van der Waals surface area contributed by atoms with Gasteiger partial charge in [0.25, 0.3) is 0 Å². The quantitative estimate of drug-likeness (QED) is 0.449. The van der Waals surface area contributed by atoms with Crippen molar-refractivity contribution in [1.29, 1.82) is 0 Å². The van der Waals surface area contributed by atoms with Crippen LogP contribution in [0, 0.1) is 22.1 Å². The largest absolute Gasteiger partial charge is 0.497 e. The molecule has 1 atom stereocenters. The lowest BCUT2D eigenvalue weighted by atomic mass is 10.0. The van der Waals surface area contributed by atoms with Gasteiger partial charge >= 0.3 is 0 Å². The Balaban J connectivity index is 2.54. The first-order valence-corrected chi connectivity index (χ1v) is 7.87. The summed E-state index contributed by atoms with van der Waals surface area (Å²) in [7, 11) is 1.38. The summed E-state index contributed by atoms with van der Waals surface area (Å²) in [6.07, 6.45) is 0. The third-order valence-corrected chi connectivity index (χ3v) is 5.46. The molecule has 0 N–H and O–H groups in total. The van der Waals surface area contributed by atoms with E-state index in [0.29, 0.717) is 0 Å². The first-order valence-electron chi connectivity index (χ1n) is 5.87. The molecule has 5 heteroatoms. The zero-order valence-electron chi connectivity index (χ0n) is 10.9. The van der Waals surface area contributed by atoms with Gasteiger partial charge in [0.2, 0.25) is 0 Å². The van der Waals surface area contributed by atoms with Crippen molar-refractivity contribution in [2.75, 3.05) is 7.11 Å². The van der Waals surface area contributed by atoms with E-state index in [1.165, 1.54) is 19.2 Å². The van der Waals surface area contributed by atoms with E-state index in [4.69, 9.17) is 4.74 Å². The lowest BCUT2D eigenvalue weighted by molar-refractivity contribution is 0.405. The van der Waals surface area contributed by atoms with E-state index in [2.05, 4.69) is 38.5 Å². The molecule has 0 bridgehead atoms. The fourth-order valence-electron chi connectivity index (χ4n) is 1.94.